The average molecular weight is 291 g/mol. The zero-order valence-corrected chi connectivity index (χ0v) is 11.8. The number of aromatic nitrogens is 3. The molecule has 2 rings (SSSR count). The predicted octanol–water partition coefficient (Wildman–Crippen LogP) is 0.645. The molecule has 0 saturated heterocycles. The maximum absolute atomic E-state index is 11.0. The lowest BCUT2D eigenvalue weighted by molar-refractivity contribution is -0.119. The topological polar surface area (TPSA) is 85.8 Å². The number of hydrogen-bond donors (Lipinski definition) is 2. The minimum Gasteiger partial charge on any atom is -0.349 e. The zero-order valence-electron chi connectivity index (χ0n) is 11.0. The maximum atomic E-state index is 11.0. The smallest absolute Gasteiger partial charge is 0.234 e. The fraction of sp³-hybridized carbons (Fsp3) is 0.308. The largest absolute Gasteiger partial charge is 0.349 e. The van der Waals surface area contributed by atoms with Crippen LogP contribution in [0.5, 0.6) is 0 Å². The molecular formula is C13H17N5OS. The van der Waals surface area contributed by atoms with E-state index in [0.717, 1.165) is 18.0 Å². The van der Waals surface area contributed by atoms with Crippen LogP contribution in [0.15, 0.2) is 41.4 Å². The van der Waals surface area contributed by atoms with Gasteiger partial charge < -0.3 is 11.1 Å². The van der Waals surface area contributed by atoms with Crippen LogP contribution in [0, 0.1) is 0 Å². The number of thioether (sulfide) groups is 1. The lowest BCUT2D eigenvalue weighted by Gasteiger charge is -2.01. The Kier molecular flexibility index (Phi) is 5.57. The van der Waals surface area contributed by atoms with E-state index in [-0.39, 0.29) is 12.5 Å². The average Bonchev–Trinajstić information content (AvgIpc) is 2.94. The molecule has 1 amide bonds. The second kappa shape index (κ2) is 7.66. The molecule has 0 spiro atoms. The quantitative estimate of drug-likeness (QED) is 0.731. The Hall–Kier alpha value is -1.86. The number of nitrogens with one attached hydrogen (secondary N) is 1. The summed E-state index contributed by atoms with van der Waals surface area (Å²) in [5.41, 5.74) is 5.94. The molecule has 1 heterocycles. The molecule has 0 unspecified atom stereocenters. The number of amides is 1. The van der Waals surface area contributed by atoms with Crippen molar-refractivity contribution in [1.29, 1.82) is 0 Å². The van der Waals surface area contributed by atoms with Crippen molar-refractivity contribution in [3.05, 3.63) is 42.2 Å². The number of hydrogen-bond acceptors (Lipinski definition) is 5. The summed E-state index contributed by atoms with van der Waals surface area (Å²) in [5.74, 6) is 0.723. The van der Waals surface area contributed by atoms with Crippen molar-refractivity contribution >= 4 is 17.7 Å². The number of aryl methyl sites for hydroxylation is 1. The second-order valence-corrected chi connectivity index (χ2v) is 5.28. The highest BCUT2D eigenvalue weighted by Gasteiger charge is 2.03. The van der Waals surface area contributed by atoms with Crippen LogP contribution < -0.4 is 11.1 Å². The molecule has 0 radical (unpaired) electrons. The number of carbonyl (C=O) groups excluding carboxylic acids is 1. The van der Waals surface area contributed by atoms with Crippen LogP contribution in [0.25, 0.3) is 0 Å². The molecule has 106 valence electrons. The van der Waals surface area contributed by atoms with Crippen LogP contribution in [0.4, 0.5) is 0 Å². The zero-order chi connectivity index (χ0) is 14.2. The van der Waals surface area contributed by atoms with Gasteiger partial charge in [0.25, 0.3) is 0 Å². The monoisotopic (exact) mass is 291 g/mol. The van der Waals surface area contributed by atoms with Gasteiger partial charge in [-0.25, -0.2) is 0 Å². The van der Waals surface area contributed by atoms with Crippen molar-refractivity contribution in [1.82, 2.24) is 20.3 Å². The lowest BCUT2D eigenvalue weighted by Crippen LogP contribution is -2.29. The van der Waals surface area contributed by atoms with Crippen molar-refractivity contribution in [3.8, 4) is 0 Å². The molecule has 0 atom stereocenters. The Morgan fingerprint density at radius 2 is 2.15 bits per heavy atom. The molecule has 1 aromatic heterocycles. The van der Waals surface area contributed by atoms with Gasteiger partial charge in [-0.3, -0.25) is 9.48 Å². The van der Waals surface area contributed by atoms with Crippen LogP contribution in [0.3, 0.4) is 0 Å². The number of carbonyl (C=O) groups is 1. The summed E-state index contributed by atoms with van der Waals surface area (Å²) in [6.45, 7) is 1.13. The Morgan fingerprint density at radius 1 is 1.35 bits per heavy atom. The van der Waals surface area contributed by atoms with Gasteiger partial charge in [-0.1, -0.05) is 23.4 Å². The van der Waals surface area contributed by atoms with E-state index in [2.05, 4.69) is 27.8 Å². The van der Waals surface area contributed by atoms with E-state index in [4.69, 9.17) is 5.73 Å². The Morgan fingerprint density at radius 3 is 2.90 bits per heavy atom. The van der Waals surface area contributed by atoms with E-state index in [1.165, 1.54) is 4.90 Å². The molecular weight excluding hydrogens is 274 g/mol. The van der Waals surface area contributed by atoms with Crippen LogP contribution in [-0.4, -0.2) is 33.2 Å². The fourth-order valence-corrected chi connectivity index (χ4v) is 2.43. The van der Waals surface area contributed by atoms with Crippen LogP contribution in [0.2, 0.25) is 0 Å². The highest BCUT2D eigenvalue weighted by Crippen LogP contribution is 2.16. The first kappa shape index (κ1) is 14.5. The minimum absolute atomic E-state index is 0.0121. The molecule has 0 bridgehead atoms. The molecule has 2 aromatic rings. The van der Waals surface area contributed by atoms with Crippen molar-refractivity contribution < 1.29 is 4.79 Å². The van der Waals surface area contributed by atoms with Crippen molar-refractivity contribution in [2.75, 3.05) is 12.3 Å². The minimum atomic E-state index is -0.195. The van der Waals surface area contributed by atoms with Gasteiger partial charge in [-0.05, 0) is 12.1 Å². The standard InChI is InChI=1S/C13H17N5OS/c14-8-13(19)15-9-11-10-18(17-16-11)6-7-20-12-4-2-1-3-5-12/h1-5,10H,6-9,14H2,(H,15,19). The maximum Gasteiger partial charge on any atom is 0.234 e. The first-order valence-corrected chi connectivity index (χ1v) is 7.30. The van der Waals surface area contributed by atoms with E-state index in [0.29, 0.717) is 6.54 Å². The summed E-state index contributed by atoms with van der Waals surface area (Å²) in [6, 6.07) is 10.2. The molecule has 0 saturated carbocycles. The summed E-state index contributed by atoms with van der Waals surface area (Å²) >= 11 is 1.77. The van der Waals surface area contributed by atoms with Crippen LogP contribution in [0.1, 0.15) is 5.69 Å². The van der Waals surface area contributed by atoms with Gasteiger partial charge in [0.2, 0.25) is 5.91 Å². The third-order valence-corrected chi connectivity index (χ3v) is 3.56. The molecule has 0 fully saturated rings. The van der Waals surface area contributed by atoms with Crippen molar-refractivity contribution in [2.45, 2.75) is 18.0 Å². The Labute approximate surface area is 121 Å². The Bertz CT molecular complexity index is 543. The second-order valence-electron chi connectivity index (χ2n) is 4.12. The normalized spacial score (nSPS) is 10.4. The number of nitrogens with zero attached hydrogens (tertiary/aromatic N) is 3. The van der Waals surface area contributed by atoms with Crippen molar-refractivity contribution in [3.63, 3.8) is 0 Å². The number of rotatable bonds is 7. The van der Waals surface area contributed by atoms with Crippen LogP contribution >= 0.6 is 11.8 Å². The molecule has 1 aromatic carbocycles. The third-order valence-electron chi connectivity index (χ3n) is 2.57. The number of benzene rings is 1. The molecule has 0 aliphatic carbocycles. The first-order valence-electron chi connectivity index (χ1n) is 6.31. The van der Waals surface area contributed by atoms with E-state index >= 15 is 0 Å². The van der Waals surface area contributed by atoms with E-state index in [1.54, 1.807) is 16.4 Å². The lowest BCUT2D eigenvalue weighted by atomic mass is 10.4. The van der Waals surface area contributed by atoms with Gasteiger partial charge in [0.1, 0.15) is 5.69 Å². The molecule has 6 nitrogen and oxygen atoms in total. The third kappa shape index (κ3) is 4.67. The highest BCUT2D eigenvalue weighted by molar-refractivity contribution is 7.99. The predicted molar refractivity (Wildman–Crippen MR) is 78.1 cm³/mol. The SMILES string of the molecule is NCC(=O)NCc1cn(CCSc2ccccc2)nn1. The van der Waals surface area contributed by atoms with E-state index < -0.39 is 0 Å². The summed E-state index contributed by atoms with van der Waals surface area (Å²) in [5, 5.41) is 10.7. The summed E-state index contributed by atoms with van der Waals surface area (Å²) in [6.07, 6.45) is 1.84. The summed E-state index contributed by atoms with van der Waals surface area (Å²) in [4.78, 5) is 12.3. The van der Waals surface area contributed by atoms with Gasteiger partial charge in [-0.2, -0.15) is 0 Å². The molecule has 7 heteroatoms. The number of nitrogens with two attached hydrogens (primary N) is 1. The molecule has 0 aliphatic heterocycles. The van der Waals surface area contributed by atoms with E-state index in [9.17, 15) is 4.79 Å². The molecule has 20 heavy (non-hydrogen) atoms. The van der Waals surface area contributed by atoms with Crippen LogP contribution in [-0.2, 0) is 17.9 Å². The van der Waals surface area contributed by atoms with Gasteiger partial charge in [0.05, 0.1) is 25.8 Å². The van der Waals surface area contributed by atoms with Gasteiger partial charge in [-0.15, -0.1) is 16.9 Å². The summed E-state index contributed by atoms with van der Waals surface area (Å²) in [7, 11) is 0. The van der Waals surface area contributed by atoms with Crippen molar-refractivity contribution in [2.24, 2.45) is 5.73 Å². The first-order chi connectivity index (χ1) is 9.78. The Balaban J connectivity index is 1.74. The highest BCUT2D eigenvalue weighted by atomic mass is 32.2. The van der Waals surface area contributed by atoms with Gasteiger partial charge in [0, 0.05) is 10.6 Å². The molecule has 0 aliphatic rings. The summed E-state index contributed by atoms with van der Waals surface area (Å²) < 4.78 is 1.78. The van der Waals surface area contributed by atoms with Gasteiger partial charge in [0.15, 0.2) is 0 Å². The fourth-order valence-electron chi connectivity index (χ4n) is 1.56. The van der Waals surface area contributed by atoms with E-state index in [1.807, 2.05) is 24.4 Å². The molecule has 3 N–H and O–H groups in total. The van der Waals surface area contributed by atoms with Gasteiger partial charge >= 0.3 is 0 Å².